The summed E-state index contributed by atoms with van der Waals surface area (Å²) in [6.07, 6.45) is 9.48. The van der Waals surface area contributed by atoms with Crippen molar-refractivity contribution >= 4 is 0 Å². The van der Waals surface area contributed by atoms with E-state index in [9.17, 15) is 0 Å². The van der Waals surface area contributed by atoms with Crippen molar-refractivity contribution in [2.75, 3.05) is 19.6 Å². The first kappa shape index (κ1) is 15.6. The maximum atomic E-state index is 2.69. The molecule has 2 rings (SSSR count). The van der Waals surface area contributed by atoms with Gasteiger partial charge in [0.25, 0.3) is 0 Å². The monoisotopic (exact) mass is 273 g/mol. The van der Waals surface area contributed by atoms with E-state index in [1.807, 2.05) is 0 Å². The Balaban J connectivity index is 1.69. The molecule has 1 saturated heterocycles. The van der Waals surface area contributed by atoms with Gasteiger partial charge in [-0.25, -0.2) is 0 Å². The van der Waals surface area contributed by atoms with Crippen molar-refractivity contribution in [3.63, 3.8) is 0 Å². The summed E-state index contributed by atoms with van der Waals surface area (Å²) in [4.78, 5) is 2.69. The summed E-state index contributed by atoms with van der Waals surface area (Å²) in [7, 11) is 0. The number of benzene rings is 1. The van der Waals surface area contributed by atoms with Gasteiger partial charge in [-0.3, -0.25) is 0 Å². The largest absolute Gasteiger partial charge is 0.303 e. The van der Waals surface area contributed by atoms with Gasteiger partial charge in [0, 0.05) is 0 Å². The van der Waals surface area contributed by atoms with Gasteiger partial charge in [-0.1, -0.05) is 50.6 Å². The Labute approximate surface area is 125 Å². The molecular weight excluding hydrogens is 242 g/mol. The Morgan fingerprint density at radius 3 is 2.30 bits per heavy atom. The molecule has 0 bridgehead atoms. The predicted octanol–water partition coefficient (Wildman–Crippen LogP) is 4.91. The molecule has 112 valence electrons. The molecule has 0 saturated carbocycles. The standard InChI is InChI=1S/C19H31N/c1-3-19(2)13-8-16-20(17-9-14-19)15-7-12-18-10-5-4-6-11-18/h4-6,10-11H,3,7-9,12-17H2,1-2H3. The minimum atomic E-state index is 0.621. The number of rotatable bonds is 5. The molecule has 1 heterocycles. The van der Waals surface area contributed by atoms with Crippen LogP contribution in [0.1, 0.15) is 57.9 Å². The van der Waals surface area contributed by atoms with Gasteiger partial charge in [-0.15, -0.1) is 0 Å². The highest BCUT2D eigenvalue weighted by molar-refractivity contribution is 5.14. The average Bonchev–Trinajstić information content (AvgIpc) is 2.46. The van der Waals surface area contributed by atoms with Gasteiger partial charge in [0.1, 0.15) is 0 Å². The van der Waals surface area contributed by atoms with Crippen LogP contribution in [0.4, 0.5) is 0 Å². The lowest BCUT2D eigenvalue weighted by atomic mass is 9.78. The van der Waals surface area contributed by atoms with E-state index < -0.39 is 0 Å². The van der Waals surface area contributed by atoms with Gasteiger partial charge in [0.05, 0.1) is 0 Å². The summed E-state index contributed by atoms with van der Waals surface area (Å²) in [5.74, 6) is 0. The number of nitrogens with zero attached hydrogens (tertiary/aromatic N) is 1. The SMILES string of the molecule is CCC1(C)CCCN(CCCc2ccccc2)CCC1. The first-order valence-electron chi connectivity index (χ1n) is 8.48. The molecule has 1 aliphatic heterocycles. The van der Waals surface area contributed by atoms with E-state index in [1.165, 1.54) is 70.1 Å². The first-order valence-corrected chi connectivity index (χ1v) is 8.48. The van der Waals surface area contributed by atoms with Crippen LogP contribution in [0, 0.1) is 5.41 Å². The van der Waals surface area contributed by atoms with Gasteiger partial charge in [-0.05, 0) is 69.1 Å². The van der Waals surface area contributed by atoms with E-state index in [1.54, 1.807) is 0 Å². The van der Waals surface area contributed by atoms with Crippen molar-refractivity contribution in [3.05, 3.63) is 35.9 Å². The molecule has 0 radical (unpaired) electrons. The Hall–Kier alpha value is -0.820. The predicted molar refractivity (Wildman–Crippen MR) is 88.1 cm³/mol. The van der Waals surface area contributed by atoms with Crippen LogP contribution in [-0.4, -0.2) is 24.5 Å². The molecule has 20 heavy (non-hydrogen) atoms. The third kappa shape index (κ3) is 4.94. The zero-order valence-electron chi connectivity index (χ0n) is 13.4. The lowest BCUT2D eigenvalue weighted by Crippen LogP contribution is -2.32. The number of hydrogen-bond acceptors (Lipinski definition) is 1. The molecule has 0 unspecified atom stereocenters. The molecule has 0 atom stereocenters. The van der Waals surface area contributed by atoms with Crippen LogP contribution >= 0.6 is 0 Å². The smallest absolute Gasteiger partial charge is 0.00156 e. The molecule has 1 heteroatoms. The van der Waals surface area contributed by atoms with E-state index in [0.717, 1.165) is 0 Å². The minimum absolute atomic E-state index is 0.621. The fourth-order valence-corrected chi connectivity index (χ4v) is 3.42. The Kier molecular flexibility index (Phi) is 6.09. The normalized spacial score (nSPS) is 20.3. The summed E-state index contributed by atoms with van der Waals surface area (Å²) in [5, 5.41) is 0. The second-order valence-electron chi connectivity index (χ2n) is 6.80. The Morgan fingerprint density at radius 2 is 1.70 bits per heavy atom. The van der Waals surface area contributed by atoms with E-state index >= 15 is 0 Å². The van der Waals surface area contributed by atoms with Crippen LogP contribution in [0.3, 0.4) is 0 Å². The second kappa shape index (κ2) is 7.83. The molecule has 1 aromatic rings. The van der Waals surface area contributed by atoms with Crippen LogP contribution < -0.4 is 0 Å². The highest BCUT2D eigenvalue weighted by atomic mass is 15.1. The molecule has 1 nitrogen and oxygen atoms in total. The van der Waals surface area contributed by atoms with Gasteiger partial charge in [-0.2, -0.15) is 0 Å². The van der Waals surface area contributed by atoms with Gasteiger partial charge in [0.2, 0.25) is 0 Å². The summed E-state index contributed by atoms with van der Waals surface area (Å²) < 4.78 is 0. The van der Waals surface area contributed by atoms with Gasteiger partial charge in [0.15, 0.2) is 0 Å². The molecule has 0 aliphatic carbocycles. The van der Waals surface area contributed by atoms with Gasteiger partial charge >= 0.3 is 0 Å². The van der Waals surface area contributed by atoms with Crippen LogP contribution in [0.5, 0.6) is 0 Å². The highest BCUT2D eigenvalue weighted by Crippen LogP contribution is 2.34. The third-order valence-electron chi connectivity index (χ3n) is 5.15. The highest BCUT2D eigenvalue weighted by Gasteiger charge is 2.23. The average molecular weight is 273 g/mol. The van der Waals surface area contributed by atoms with Crippen LogP contribution in [0.25, 0.3) is 0 Å². The van der Waals surface area contributed by atoms with Crippen LogP contribution in [-0.2, 0) is 6.42 Å². The zero-order chi connectivity index (χ0) is 14.3. The summed E-state index contributed by atoms with van der Waals surface area (Å²) in [5.41, 5.74) is 2.11. The van der Waals surface area contributed by atoms with E-state index in [2.05, 4.69) is 49.1 Å². The molecule has 0 spiro atoms. The molecule has 1 fully saturated rings. The zero-order valence-corrected chi connectivity index (χ0v) is 13.4. The number of likely N-dealkylation sites (tertiary alicyclic amines) is 1. The summed E-state index contributed by atoms with van der Waals surface area (Å²) >= 11 is 0. The number of hydrogen-bond donors (Lipinski definition) is 0. The second-order valence-corrected chi connectivity index (χ2v) is 6.80. The van der Waals surface area contributed by atoms with Crippen molar-refractivity contribution < 1.29 is 0 Å². The fourth-order valence-electron chi connectivity index (χ4n) is 3.42. The van der Waals surface area contributed by atoms with Crippen LogP contribution in [0.15, 0.2) is 30.3 Å². The van der Waals surface area contributed by atoms with Gasteiger partial charge < -0.3 is 4.90 Å². The fraction of sp³-hybridized carbons (Fsp3) is 0.684. The first-order chi connectivity index (χ1) is 9.72. The van der Waals surface area contributed by atoms with E-state index in [0.29, 0.717) is 5.41 Å². The summed E-state index contributed by atoms with van der Waals surface area (Å²) in [6, 6.07) is 10.9. The van der Waals surface area contributed by atoms with E-state index in [4.69, 9.17) is 0 Å². The molecule has 0 amide bonds. The van der Waals surface area contributed by atoms with Crippen LogP contribution in [0.2, 0.25) is 0 Å². The molecule has 1 aromatic carbocycles. The Bertz CT molecular complexity index is 361. The number of aryl methyl sites for hydroxylation is 1. The third-order valence-corrected chi connectivity index (χ3v) is 5.15. The van der Waals surface area contributed by atoms with Crippen molar-refractivity contribution in [2.24, 2.45) is 5.41 Å². The van der Waals surface area contributed by atoms with Crippen molar-refractivity contribution in [1.82, 2.24) is 4.90 Å². The molecule has 0 N–H and O–H groups in total. The topological polar surface area (TPSA) is 3.24 Å². The Morgan fingerprint density at radius 1 is 1.05 bits per heavy atom. The minimum Gasteiger partial charge on any atom is -0.303 e. The maximum Gasteiger partial charge on any atom is -0.00156 e. The lowest BCUT2D eigenvalue weighted by Gasteiger charge is -2.34. The van der Waals surface area contributed by atoms with Crippen molar-refractivity contribution in [1.29, 1.82) is 0 Å². The molecule has 1 aliphatic rings. The lowest BCUT2D eigenvalue weighted by molar-refractivity contribution is 0.167. The molecular formula is C19H31N. The maximum absolute atomic E-state index is 2.69. The molecule has 0 aromatic heterocycles. The summed E-state index contributed by atoms with van der Waals surface area (Å²) in [6.45, 7) is 8.74. The van der Waals surface area contributed by atoms with Crippen molar-refractivity contribution in [3.8, 4) is 0 Å². The quantitative estimate of drug-likeness (QED) is 0.736. The van der Waals surface area contributed by atoms with E-state index in [-0.39, 0.29) is 0 Å². The van der Waals surface area contributed by atoms with Crippen molar-refractivity contribution in [2.45, 2.75) is 58.8 Å².